The normalized spacial score (nSPS) is 11.8. The molecule has 0 spiro atoms. The molecule has 7 heteroatoms. The van der Waals surface area contributed by atoms with E-state index in [1.807, 2.05) is 0 Å². The number of fused-ring (bicyclic) bond motifs is 1. The highest BCUT2D eigenvalue weighted by Crippen LogP contribution is 2.31. The molecular weight excluding hydrogens is 269 g/mol. The van der Waals surface area contributed by atoms with Crippen molar-refractivity contribution in [1.29, 1.82) is 0 Å². The fourth-order valence-corrected chi connectivity index (χ4v) is 1.62. The Labute approximate surface area is 105 Å². The van der Waals surface area contributed by atoms with Gasteiger partial charge in [-0.15, -0.1) is 11.6 Å². The van der Waals surface area contributed by atoms with Gasteiger partial charge in [0.2, 0.25) is 5.91 Å². The molecular formula is C11H8ClF3N2O. The van der Waals surface area contributed by atoms with E-state index in [1.54, 1.807) is 0 Å². The monoisotopic (exact) mass is 276 g/mol. The average Bonchev–Trinajstić information content (AvgIpc) is 2.71. The second-order valence-corrected chi connectivity index (χ2v) is 3.93. The Balaban J connectivity index is 2.37. The van der Waals surface area contributed by atoms with E-state index in [0.29, 0.717) is 16.6 Å². The number of aromatic amines is 1. The minimum Gasteiger partial charge on any atom is -0.351 e. The Bertz CT molecular complexity index is 591. The third kappa shape index (κ3) is 2.59. The number of halogens is 4. The molecule has 0 unspecified atom stereocenters. The molecule has 0 atom stereocenters. The Morgan fingerprint density at radius 2 is 2.06 bits per heavy atom. The lowest BCUT2D eigenvalue weighted by Gasteiger charge is -2.02. The van der Waals surface area contributed by atoms with Gasteiger partial charge in [-0.2, -0.15) is 13.2 Å². The standard InChI is InChI=1S/C11H8ClF3N2O/c12-5-10(18)16-7-1-2-8-6(3-7)4-9(17-8)11(13,14)15/h1-4,17H,5H2,(H,16,18). The van der Waals surface area contributed by atoms with Gasteiger partial charge >= 0.3 is 6.18 Å². The number of hydrogen-bond acceptors (Lipinski definition) is 1. The van der Waals surface area contributed by atoms with E-state index in [-0.39, 0.29) is 5.88 Å². The summed E-state index contributed by atoms with van der Waals surface area (Å²) in [6, 6.07) is 5.41. The highest BCUT2D eigenvalue weighted by molar-refractivity contribution is 6.29. The Hall–Kier alpha value is -1.69. The fraction of sp³-hybridized carbons (Fsp3) is 0.182. The minimum atomic E-state index is -4.42. The van der Waals surface area contributed by atoms with Crippen LogP contribution in [0, 0.1) is 0 Å². The summed E-state index contributed by atoms with van der Waals surface area (Å²) < 4.78 is 37.4. The molecule has 0 aliphatic rings. The summed E-state index contributed by atoms with van der Waals surface area (Å²) in [5.41, 5.74) is -0.0645. The first-order valence-corrected chi connectivity index (χ1v) is 5.49. The van der Waals surface area contributed by atoms with E-state index in [4.69, 9.17) is 11.6 Å². The highest BCUT2D eigenvalue weighted by Gasteiger charge is 2.32. The first-order chi connectivity index (χ1) is 8.40. The molecule has 0 radical (unpaired) electrons. The number of benzene rings is 1. The van der Waals surface area contributed by atoms with Gasteiger partial charge in [-0.25, -0.2) is 0 Å². The molecule has 3 nitrogen and oxygen atoms in total. The summed E-state index contributed by atoms with van der Waals surface area (Å²) in [5.74, 6) is -0.624. The largest absolute Gasteiger partial charge is 0.431 e. The van der Waals surface area contributed by atoms with Gasteiger partial charge in [0.15, 0.2) is 0 Å². The maximum Gasteiger partial charge on any atom is 0.431 e. The van der Waals surface area contributed by atoms with Gasteiger partial charge in [-0.1, -0.05) is 0 Å². The summed E-state index contributed by atoms with van der Waals surface area (Å²) in [6.45, 7) is 0. The van der Waals surface area contributed by atoms with E-state index in [9.17, 15) is 18.0 Å². The molecule has 96 valence electrons. The zero-order valence-corrected chi connectivity index (χ0v) is 9.69. The third-order valence-corrected chi connectivity index (χ3v) is 2.57. The first kappa shape index (κ1) is 12.8. The zero-order chi connectivity index (χ0) is 13.3. The SMILES string of the molecule is O=C(CCl)Nc1ccc2[nH]c(C(F)(F)F)cc2c1. The van der Waals surface area contributed by atoms with Crippen LogP contribution in [0.25, 0.3) is 10.9 Å². The summed E-state index contributed by atoms with van der Waals surface area (Å²) in [6.07, 6.45) is -4.42. The molecule has 2 rings (SSSR count). The molecule has 1 amide bonds. The Morgan fingerprint density at radius 1 is 1.33 bits per heavy atom. The van der Waals surface area contributed by atoms with E-state index >= 15 is 0 Å². The molecule has 2 N–H and O–H groups in total. The van der Waals surface area contributed by atoms with Gasteiger partial charge in [0.1, 0.15) is 11.6 Å². The third-order valence-electron chi connectivity index (χ3n) is 2.33. The number of hydrogen-bond donors (Lipinski definition) is 2. The topological polar surface area (TPSA) is 44.9 Å². The van der Waals surface area contributed by atoms with Crippen LogP contribution in [-0.4, -0.2) is 16.8 Å². The van der Waals surface area contributed by atoms with Crippen LogP contribution in [0.3, 0.4) is 0 Å². The van der Waals surface area contributed by atoms with Crippen LogP contribution >= 0.6 is 11.6 Å². The predicted molar refractivity (Wildman–Crippen MR) is 62.7 cm³/mol. The molecule has 0 fully saturated rings. The number of carbonyl (C=O) groups excluding carboxylic acids is 1. The number of aromatic nitrogens is 1. The van der Waals surface area contributed by atoms with Crippen molar-refractivity contribution < 1.29 is 18.0 Å². The minimum absolute atomic E-state index is 0.209. The van der Waals surface area contributed by atoms with Gasteiger partial charge in [-0.05, 0) is 24.3 Å². The van der Waals surface area contributed by atoms with E-state index in [1.165, 1.54) is 18.2 Å². The van der Waals surface area contributed by atoms with Gasteiger partial charge in [-0.3, -0.25) is 4.79 Å². The maximum atomic E-state index is 12.5. The molecule has 1 aromatic carbocycles. The van der Waals surface area contributed by atoms with Crippen LogP contribution in [0.5, 0.6) is 0 Å². The van der Waals surface area contributed by atoms with Gasteiger partial charge in [0.05, 0.1) is 0 Å². The lowest BCUT2D eigenvalue weighted by Crippen LogP contribution is -2.12. The number of H-pyrrole nitrogens is 1. The maximum absolute atomic E-state index is 12.5. The molecule has 0 saturated carbocycles. The molecule has 18 heavy (non-hydrogen) atoms. The van der Waals surface area contributed by atoms with Crippen LogP contribution in [-0.2, 0) is 11.0 Å². The van der Waals surface area contributed by atoms with E-state index < -0.39 is 17.8 Å². The number of carbonyl (C=O) groups is 1. The second-order valence-electron chi connectivity index (χ2n) is 3.66. The molecule has 0 bridgehead atoms. The van der Waals surface area contributed by atoms with Crippen molar-refractivity contribution in [3.8, 4) is 0 Å². The summed E-state index contributed by atoms with van der Waals surface area (Å²) in [5, 5.41) is 2.84. The van der Waals surface area contributed by atoms with Crippen LogP contribution in [0.2, 0.25) is 0 Å². The number of anilines is 1. The number of alkyl halides is 4. The van der Waals surface area contributed by atoms with Crippen molar-refractivity contribution in [3.63, 3.8) is 0 Å². The lowest BCUT2D eigenvalue weighted by atomic mass is 10.2. The molecule has 0 aliphatic carbocycles. The van der Waals surface area contributed by atoms with E-state index in [2.05, 4.69) is 10.3 Å². The summed E-state index contributed by atoms with van der Waals surface area (Å²) in [7, 11) is 0. The highest BCUT2D eigenvalue weighted by atomic mass is 35.5. The average molecular weight is 277 g/mol. The van der Waals surface area contributed by atoms with Gasteiger partial charge in [0, 0.05) is 16.6 Å². The molecule has 0 saturated heterocycles. The Kier molecular flexibility index (Phi) is 3.21. The van der Waals surface area contributed by atoms with E-state index in [0.717, 1.165) is 6.07 Å². The molecule has 1 aromatic heterocycles. The van der Waals surface area contributed by atoms with Crippen LogP contribution in [0.15, 0.2) is 24.3 Å². The number of nitrogens with one attached hydrogen (secondary N) is 2. The lowest BCUT2D eigenvalue weighted by molar-refractivity contribution is -0.140. The number of rotatable bonds is 2. The smallest absolute Gasteiger partial charge is 0.351 e. The van der Waals surface area contributed by atoms with Crippen molar-refractivity contribution in [2.45, 2.75) is 6.18 Å². The number of amides is 1. The van der Waals surface area contributed by atoms with Crippen molar-refractivity contribution in [1.82, 2.24) is 4.98 Å². The van der Waals surface area contributed by atoms with Crippen LogP contribution in [0.1, 0.15) is 5.69 Å². The van der Waals surface area contributed by atoms with Gasteiger partial charge < -0.3 is 10.3 Å². The zero-order valence-electron chi connectivity index (χ0n) is 8.94. The molecule has 2 aromatic rings. The quantitative estimate of drug-likeness (QED) is 0.812. The van der Waals surface area contributed by atoms with Crippen molar-refractivity contribution in [3.05, 3.63) is 30.0 Å². The van der Waals surface area contributed by atoms with Crippen molar-refractivity contribution >= 4 is 34.1 Å². The van der Waals surface area contributed by atoms with Crippen molar-refractivity contribution in [2.75, 3.05) is 11.2 Å². The van der Waals surface area contributed by atoms with Crippen LogP contribution < -0.4 is 5.32 Å². The van der Waals surface area contributed by atoms with Crippen molar-refractivity contribution in [2.24, 2.45) is 0 Å². The predicted octanol–water partition coefficient (Wildman–Crippen LogP) is 3.36. The first-order valence-electron chi connectivity index (χ1n) is 4.96. The van der Waals surface area contributed by atoms with Crippen LogP contribution in [0.4, 0.5) is 18.9 Å². The Morgan fingerprint density at radius 3 is 2.67 bits per heavy atom. The molecule has 0 aliphatic heterocycles. The summed E-state index contributed by atoms with van der Waals surface area (Å²) in [4.78, 5) is 13.3. The summed E-state index contributed by atoms with van der Waals surface area (Å²) >= 11 is 5.32. The fourth-order valence-electron chi connectivity index (χ4n) is 1.56. The molecule has 1 heterocycles. The van der Waals surface area contributed by atoms with Gasteiger partial charge in [0.25, 0.3) is 0 Å². The second kappa shape index (κ2) is 4.53.